The quantitative estimate of drug-likeness (QED) is 0.557. The van der Waals surface area contributed by atoms with Gasteiger partial charge in [0.1, 0.15) is 10.8 Å². The Labute approximate surface area is 112 Å². The second-order valence-corrected chi connectivity index (χ2v) is 4.69. The first-order chi connectivity index (χ1) is 9.13. The van der Waals surface area contributed by atoms with E-state index in [0.717, 1.165) is 11.3 Å². The average Bonchev–Trinajstić information content (AvgIpc) is 2.75. The van der Waals surface area contributed by atoms with E-state index in [9.17, 15) is 9.90 Å². The maximum Gasteiger partial charge on any atom is 0.247 e. The number of nitrogen functional groups attached to an aromatic ring is 1. The highest BCUT2D eigenvalue weighted by Gasteiger charge is 2.06. The van der Waals surface area contributed by atoms with Gasteiger partial charge in [-0.3, -0.25) is 4.79 Å². The topological polar surface area (TPSA) is 113 Å². The summed E-state index contributed by atoms with van der Waals surface area (Å²) in [6, 6.07) is 6.51. The number of nitrogens with two attached hydrogens (primary N) is 1. The second-order valence-electron chi connectivity index (χ2n) is 3.60. The third-order valence-corrected chi connectivity index (χ3v) is 2.82. The second kappa shape index (κ2) is 5.91. The van der Waals surface area contributed by atoms with Crippen LogP contribution in [0.4, 0.5) is 5.13 Å². The van der Waals surface area contributed by atoms with E-state index < -0.39 is 0 Å². The zero-order valence-electron chi connectivity index (χ0n) is 9.78. The highest BCUT2D eigenvalue weighted by atomic mass is 32.1. The average molecular weight is 277 g/mol. The smallest absolute Gasteiger partial charge is 0.247 e. The van der Waals surface area contributed by atoms with E-state index in [2.05, 4.69) is 20.7 Å². The Hall–Kier alpha value is -2.48. The highest BCUT2D eigenvalue weighted by molar-refractivity contribution is 7.15. The molecule has 0 saturated heterocycles. The van der Waals surface area contributed by atoms with Crippen molar-refractivity contribution in [2.45, 2.75) is 6.42 Å². The van der Waals surface area contributed by atoms with Crippen LogP contribution in [-0.2, 0) is 11.2 Å². The molecule has 0 atom stereocenters. The zero-order chi connectivity index (χ0) is 13.7. The number of nitrogens with one attached hydrogen (secondary N) is 1. The fourth-order valence-corrected chi connectivity index (χ4v) is 1.91. The molecule has 0 aliphatic heterocycles. The monoisotopic (exact) mass is 277 g/mol. The normalized spacial score (nSPS) is 10.7. The number of nitrogens with zero attached hydrogens (tertiary/aromatic N) is 3. The van der Waals surface area contributed by atoms with Gasteiger partial charge in [-0.05, 0) is 17.7 Å². The molecule has 0 bridgehead atoms. The van der Waals surface area contributed by atoms with Gasteiger partial charge in [-0.1, -0.05) is 23.5 Å². The van der Waals surface area contributed by atoms with Gasteiger partial charge in [0, 0.05) is 0 Å². The van der Waals surface area contributed by atoms with Gasteiger partial charge in [-0.2, -0.15) is 5.10 Å². The molecule has 2 rings (SSSR count). The first-order valence-corrected chi connectivity index (χ1v) is 6.14. The minimum atomic E-state index is -0.312. The van der Waals surface area contributed by atoms with Crippen LogP contribution >= 0.6 is 11.3 Å². The van der Waals surface area contributed by atoms with Gasteiger partial charge in [0.2, 0.25) is 11.0 Å². The number of carbonyl (C=O) groups is 1. The van der Waals surface area contributed by atoms with Gasteiger partial charge >= 0.3 is 0 Å². The Morgan fingerprint density at radius 1 is 1.53 bits per heavy atom. The standard InChI is InChI=1S/C11H11N5O2S/c12-11-16-15-10(19-11)5-9(18)14-13-6-7-2-1-3-8(17)4-7/h1-4,6,17H,5H2,(H2,12,16)(H,14,18). The fraction of sp³-hybridized carbons (Fsp3) is 0.0909. The van der Waals surface area contributed by atoms with Gasteiger partial charge in [0.15, 0.2) is 0 Å². The van der Waals surface area contributed by atoms with Crippen molar-refractivity contribution in [2.75, 3.05) is 5.73 Å². The number of anilines is 1. The Bertz CT molecular complexity index is 611. The summed E-state index contributed by atoms with van der Waals surface area (Å²) in [6.45, 7) is 0. The van der Waals surface area contributed by atoms with Crippen LogP contribution in [-0.4, -0.2) is 27.4 Å². The van der Waals surface area contributed by atoms with Crippen LogP contribution in [0, 0.1) is 0 Å². The van der Waals surface area contributed by atoms with Crippen LogP contribution in [0.3, 0.4) is 0 Å². The van der Waals surface area contributed by atoms with E-state index >= 15 is 0 Å². The molecule has 2 aromatic rings. The summed E-state index contributed by atoms with van der Waals surface area (Å²) in [5.41, 5.74) is 8.44. The van der Waals surface area contributed by atoms with E-state index in [0.29, 0.717) is 15.7 Å². The van der Waals surface area contributed by atoms with E-state index in [1.165, 1.54) is 12.3 Å². The number of aromatic nitrogens is 2. The van der Waals surface area contributed by atoms with E-state index in [1.807, 2.05) is 0 Å². The Kier molecular flexibility index (Phi) is 4.04. The summed E-state index contributed by atoms with van der Waals surface area (Å²) in [5.74, 6) is -0.174. The molecule has 7 nitrogen and oxygen atoms in total. The third-order valence-electron chi connectivity index (χ3n) is 2.07. The molecule has 0 aliphatic rings. The molecular formula is C11H11N5O2S. The van der Waals surface area contributed by atoms with Gasteiger partial charge in [0.05, 0.1) is 12.6 Å². The van der Waals surface area contributed by atoms with Crippen LogP contribution in [0.15, 0.2) is 29.4 Å². The molecule has 4 N–H and O–H groups in total. The van der Waals surface area contributed by atoms with Gasteiger partial charge in [-0.15, -0.1) is 10.2 Å². The van der Waals surface area contributed by atoms with Crippen LogP contribution in [0.25, 0.3) is 0 Å². The van der Waals surface area contributed by atoms with Crippen molar-refractivity contribution < 1.29 is 9.90 Å². The maximum atomic E-state index is 11.5. The summed E-state index contributed by atoms with van der Waals surface area (Å²) >= 11 is 1.16. The lowest BCUT2D eigenvalue weighted by molar-refractivity contribution is -0.120. The third kappa shape index (κ3) is 4.03. The van der Waals surface area contributed by atoms with E-state index in [4.69, 9.17) is 5.73 Å². The van der Waals surface area contributed by atoms with Gasteiger partial charge in [-0.25, -0.2) is 5.43 Å². The molecule has 1 aromatic heterocycles. The largest absolute Gasteiger partial charge is 0.508 e. The van der Waals surface area contributed by atoms with Crippen LogP contribution < -0.4 is 11.2 Å². The van der Waals surface area contributed by atoms with Crippen molar-refractivity contribution in [1.29, 1.82) is 0 Å². The van der Waals surface area contributed by atoms with Crippen LogP contribution in [0.5, 0.6) is 5.75 Å². The number of hydrazone groups is 1. The first kappa shape index (κ1) is 13.0. The summed E-state index contributed by atoms with van der Waals surface area (Å²) in [7, 11) is 0. The number of hydrogen-bond donors (Lipinski definition) is 3. The first-order valence-electron chi connectivity index (χ1n) is 5.32. The predicted octanol–water partition coefficient (Wildman–Crippen LogP) is 0.519. The molecule has 8 heteroatoms. The SMILES string of the molecule is Nc1nnc(CC(=O)NN=Cc2cccc(O)c2)s1. The summed E-state index contributed by atoms with van der Waals surface area (Å²) in [6.07, 6.45) is 1.51. The predicted molar refractivity (Wildman–Crippen MR) is 71.9 cm³/mol. The van der Waals surface area contributed by atoms with E-state index in [-0.39, 0.29) is 18.1 Å². The number of benzene rings is 1. The zero-order valence-corrected chi connectivity index (χ0v) is 10.6. The minimum Gasteiger partial charge on any atom is -0.508 e. The lowest BCUT2D eigenvalue weighted by atomic mass is 10.2. The molecule has 1 amide bonds. The molecule has 19 heavy (non-hydrogen) atoms. The van der Waals surface area contributed by atoms with Crippen LogP contribution in [0.2, 0.25) is 0 Å². The van der Waals surface area contributed by atoms with Gasteiger partial charge in [0.25, 0.3) is 0 Å². The molecule has 0 aliphatic carbocycles. The molecule has 0 fully saturated rings. The Morgan fingerprint density at radius 2 is 2.37 bits per heavy atom. The summed E-state index contributed by atoms with van der Waals surface area (Å²) in [5, 5.41) is 21.2. The molecule has 98 valence electrons. The maximum absolute atomic E-state index is 11.5. The number of carbonyl (C=O) groups excluding carboxylic acids is 1. The van der Waals surface area contributed by atoms with Gasteiger partial charge < -0.3 is 10.8 Å². The number of hydrogen-bond acceptors (Lipinski definition) is 7. The van der Waals surface area contributed by atoms with Crippen molar-refractivity contribution in [3.05, 3.63) is 34.8 Å². The van der Waals surface area contributed by atoms with Crippen LogP contribution in [0.1, 0.15) is 10.6 Å². The van der Waals surface area contributed by atoms with Crippen molar-refractivity contribution in [2.24, 2.45) is 5.10 Å². The molecule has 1 aromatic carbocycles. The molecule has 0 saturated carbocycles. The highest BCUT2D eigenvalue weighted by Crippen LogP contribution is 2.11. The number of phenols is 1. The Balaban J connectivity index is 1.86. The lowest BCUT2D eigenvalue weighted by Gasteiger charge is -1.97. The molecular weight excluding hydrogens is 266 g/mol. The summed E-state index contributed by atoms with van der Waals surface area (Å²) < 4.78 is 0. The number of rotatable bonds is 4. The number of phenolic OH excluding ortho intramolecular Hbond substituents is 1. The number of amides is 1. The summed E-state index contributed by atoms with van der Waals surface area (Å²) in [4.78, 5) is 11.5. The van der Waals surface area contributed by atoms with Crippen molar-refractivity contribution >= 4 is 28.6 Å². The molecule has 1 heterocycles. The van der Waals surface area contributed by atoms with Crippen molar-refractivity contribution in [1.82, 2.24) is 15.6 Å². The van der Waals surface area contributed by atoms with Crippen molar-refractivity contribution in [3.8, 4) is 5.75 Å². The minimum absolute atomic E-state index is 0.0756. The van der Waals surface area contributed by atoms with Crippen molar-refractivity contribution in [3.63, 3.8) is 0 Å². The lowest BCUT2D eigenvalue weighted by Crippen LogP contribution is -2.19. The molecule has 0 radical (unpaired) electrons. The fourth-order valence-electron chi connectivity index (χ4n) is 1.30. The molecule has 0 spiro atoms. The number of aromatic hydroxyl groups is 1. The van der Waals surface area contributed by atoms with E-state index in [1.54, 1.807) is 18.2 Å². The molecule has 0 unspecified atom stereocenters. The Morgan fingerprint density at radius 3 is 3.05 bits per heavy atom.